The van der Waals surface area contributed by atoms with Gasteiger partial charge in [0, 0.05) is 10.6 Å². The van der Waals surface area contributed by atoms with Crippen LogP contribution in [0.5, 0.6) is 0 Å². The number of nitriles is 1. The minimum absolute atomic E-state index is 0.364. The van der Waals surface area contributed by atoms with Crippen LogP contribution in [0.1, 0.15) is 11.3 Å². The van der Waals surface area contributed by atoms with Crippen molar-refractivity contribution in [1.29, 1.82) is 5.26 Å². The van der Waals surface area contributed by atoms with Crippen LogP contribution in [0.4, 0.5) is 0 Å². The summed E-state index contributed by atoms with van der Waals surface area (Å²) in [6.45, 7) is 2.01. The Morgan fingerprint density at radius 1 is 1.05 bits per heavy atom. The topological polar surface area (TPSA) is 65.4 Å². The number of aromatic nitrogens is 3. The molecule has 0 saturated heterocycles. The first-order valence-corrected chi connectivity index (χ1v) is 6.74. The zero-order chi connectivity index (χ0) is 14.8. The molecule has 2 aromatic carbocycles. The zero-order valence-corrected chi connectivity index (χ0v) is 12.0. The van der Waals surface area contributed by atoms with Gasteiger partial charge in [-0.3, -0.25) is 0 Å². The molecule has 0 radical (unpaired) electrons. The lowest BCUT2D eigenvalue weighted by Gasteiger charge is -2.07. The molecule has 0 bridgehead atoms. The molecular weight excluding hydrogens is 284 g/mol. The maximum absolute atomic E-state index is 9.08. The van der Waals surface area contributed by atoms with E-state index >= 15 is 0 Å². The second-order valence-electron chi connectivity index (χ2n) is 4.74. The Labute approximate surface area is 127 Å². The van der Waals surface area contributed by atoms with Crippen molar-refractivity contribution in [3.63, 3.8) is 0 Å². The third kappa shape index (κ3) is 2.64. The minimum atomic E-state index is 0.364. The fourth-order valence-electron chi connectivity index (χ4n) is 2.24. The molecule has 0 atom stereocenters. The van der Waals surface area contributed by atoms with Crippen molar-refractivity contribution >= 4 is 11.6 Å². The maximum Gasteiger partial charge on any atom is 0.163 e. The second kappa shape index (κ2) is 5.39. The standard InChI is InChI=1S/C16H11ClN4/c1-10-6-12(11-2-4-14(17)5-3-11)8-13(7-10)16-15(9-18)19-21-20-16/h2-8H,1H3,(H,19,20,21). The van der Waals surface area contributed by atoms with Gasteiger partial charge in [0.1, 0.15) is 11.8 Å². The third-order valence-electron chi connectivity index (χ3n) is 3.19. The van der Waals surface area contributed by atoms with E-state index in [4.69, 9.17) is 16.9 Å². The van der Waals surface area contributed by atoms with Crippen molar-refractivity contribution in [2.24, 2.45) is 0 Å². The largest absolute Gasteiger partial charge is 0.247 e. The van der Waals surface area contributed by atoms with E-state index in [0.29, 0.717) is 16.4 Å². The number of aryl methyl sites for hydroxylation is 1. The molecule has 5 heteroatoms. The summed E-state index contributed by atoms with van der Waals surface area (Å²) in [5, 5.41) is 20.1. The molecule has 0 spiro atoms. The van der Waals surface area contributed by atoms with Crippen molar-refractivity contribution in [3.8, 4) is 28.5 Å². The van der Waals surface area contributed by atoms with Crippen molar-refractivity contribution < 1.29 is 0 Å². The van der Waals surface area contributed by atoms with E-state index in [1.807, 2.05) is 43.3 Å². The van der Waals surface area contributed by atoms with E-state index in [1.54, 1.807) is 0 Å². The van der Waals surface area contributed by atoms with E-state index in [1.165, 1.54) is 0 Å². The van der Waals surface area contributed by atoms with Gasteiger partial charge in [-0.2, -0.15) is 5.26 Å². The number of rotatable bonds is 2. The highest BCUT2D eigenvalue weighted by Crippen LogP contribution is 2.28. The normalized spacial score (nSPS) is 10.3. The first kappa shape index (κ1) is 13.3. The summed E-state index contributed by atoms with van der Waals surface area (Å²) in [6, 6.07) is 15.8. The number of halogens is 1. The summed E-state index contributed by atoms with van der Waals surface area (Å²) in [7, 11) is 0. The quantitative estimate of drug-likeness (QED) is 0.777. The summed E-state index contributed by atoms with van der Waals surface area (Å²) >= 11 is 5.92. The molecule has 0 saturated carbocycles. The van der Waals surface area contributed by atoms with Crippen molar-refractivity contribution in [2.45, 2.75) is 6.92 Å². The lowest BCUT2D eigenvalue weighted by Crippen LogP contribution is -1.87. The summed E-state index contributed by atoms with van der Waals surface area (Å²) in [5.74, 6) is 0. The average Bonchev–Trinajstić information content (AvgIpc) is 2.96. The molecule has 3 rings (SSSR count). The van der Waals surface area contributed by atoms with E-state index < -0.39 is 0 Å². The second-order valence-corrected chi connectivity index (χ2v) is 5.18. The van der Waals surface area contributed by atoms with Crippen LogP contribution in [-0.4, -0.2) is 15.4 Å². The molecular formula is C16H11ClN4. The van der Waals surface area contributed by atoms with Gasteiger partial charge in [-0.1, -0.05) is 35.0 Å². The van der Waals surface area contributed by atoms with Crippen molar-refractivity contribution in [1.82, 2.24) is 15.4 Å². The maximum atomic E-state index is 9.08. The van der Waals surface area contributed by atoms with Crippen LogP contribution in [0.25, 0.3) is 22.4 Å². The zero-order valence-electron chi connectivity index (χ0n) is 11.3. The van der Waals surface area contributed by atoms with E-state index in [0.717, 1.165) is 22.3 Å². The molecule has 1 heterocycles. The van der Waals surface area contributed by atoms with Gasteiger partial charge in [-0.15, -0.1) is 5.10 Å². The van der Waals surface area contributed by atoms with Gasteiger partial charge >= 0.3 is 0 Å². The van der Waals surface area contributed by atoms with Gasteiger partial charge < -0.3 is 0 Å². The molecule has 0 unspecified atom stereocenters. The fourth-order valence-corrected chi connectivity index (χ4v) is 2.36. The van der Waals surface area contributed by atoms with Crippen LogP contribution in [0.3, 0.4) is 0 Å². The number of aromatic amines is 1. The molecule has 1 aromatic heterocycles. The van der Waals surface area contributed by atoms with Crippen molar-refractivity contribution in [2.75, 3.05) is 0 Å². The number of nitrogens with one attached hydrogen (secondary N) is 1. The van der Waals surface area contributed by atoms with Gasteiger partial charge in [0.25, 0.3) is 0 Å². The smallest absolute Gasteiger partial charge is 0.163 e. The minimum Gasteiger partial charge on any atom is -0.247 e. The lowest BCUT2D eigenvalue weighted by atomic mass is 9.98. The number of hydrogen-bond acceptors (Lipinski definition) is 3. The van der Waals surface area contributed by atoms with Crippen molar-refractivity contribution in [3.05, 3.63) is 58.7 Å². The first-order valence-electron chi connectivity index (χ1n) is 6.36. The highest BCUT2D eigenvalue weighted by atomic mass is 35.5. The van der Waals surface area contributed by atoms with Gasteiger partial charge in [-0.05, 0) is 47.9 Å². The Morgan fingerprint density at radius 2 is 1.76 bits per heavy atom. The molecule has 3 aromatic rings. The molecule has 0 aliphatic rings. The summed E-state index contributed by atoms with van der Waals surface area (Å²) in [5.41, 5.74) is 4.99. The SMILES string of the molecule is Cc1cc(-c2ccc(Cl)cc2)cc(-c2nn[nH]c2C#N)c1. The third-order valence-corrected chi connectivity index (χ3v) is 3.44. The van der Waals surface area contributed by atoms with Crippen LogP contribution in [0.2, 0.25) is 5.02 Å². The Kier molecular flexibility index (Phi) is 3.43. The summed E-state index contributed by atoms with van der Waals surface area (Å²) in [4.78, 5) is 0. The number of nitrogens with zero attached hydrogens (tertiary/aromatic N) is 3. The number of H-pyrrole nitrogens is 1. The monoisotopic (exact) mass is 294 g/mol. The predicted octanol–water partition coefficient (Wildman–Crippen LogP) is 3.97. The number of hydrogen-bond donors (Lipinski definition) is 1. The molecule has 0 fully saturated rings. The first-order chi connectivity index (χ1) is 10.2. The summed E-state index contributed by atoms with van der Waals surface area (Å²) in [6.07, 6.45) is 0. The van der Waals surface area contributed by atoms with Gasteiger partial charge in [0.2, 0.25) is 0 Å². The van der Waals surface area contributed by atoms with Crippen LogP contribution in [0, 0.1) is 18.3 Å². The molecule has 0 aliphatic heterocycles. The van der Waals surface area contributed by atoms with Crippen LogP contribution in [-0.2, 0) is 0 Å². The molecule has 0 amide bonds. The Balaban J connectivity index is 2.13. The van der Waals surface area contributed by atoms with Crippen LogP contribution < -0.4 is 0 Å². The molecule has 1 N–H and O–H groups in total. The predicted molar refractivity (Wildman–Crippen MR) is 81.7 cm³/mol. The van der Waals surface area contributed by atoms with E-state index in [9.17, 15) is 0 Å². The molecule has 4 nitrogen and oxygen atoms in total. The molecule has 102 valence electrons. The average molecular weight is 295 g/mol. The molecule has 0 aliphatic carbocycles. The Hall–Kier alpha value is -2.64. The van der Waals surface area contributed by atoms with Gasteiger partial charge in [0.05, 0.1) is 0 Å². The lowest BCUT2D eigenvalue weighted by molar-refractivity contribution is 0.937. The van der Waals surface area contributed by atoms with Gasteiger partial charge in [-0.25, -0.2) is 5.10 Å². The van der Waals surface area contributed by atoms with Crippen LogP contribution >= 0.6 is 11.6 Å². The highest BCUT2D eigenvalue weighted by molar-refractivity contribution is 6.30. The van der Waals surface area contributed by atoms with E-state index in [-0.39, 0.29) is 0 Å². The van der Waals surface area contributed by atoms with Gasteiger partial charge in [0.15, 0.2) is 5.69 Å². The Bertz CT molecular complexity index is 828. The van der Waals surface area contributed by atoms with Crippen LogP contribution in [0.15, 0.2) is 42.5 Å². The highest BCUT2D eigenvalue weighted by Gasteiger charge is 2.11. The Morgan fingerprint density at radius 3 is 2.48 bits per heavy atom. The number of benzene rings is 2. The van der Waals surface area contributed by atoms with E-state index in [2.05, 4.69) is 27.5 Å². The molecule has 21 heavy (non-hydrogen) atoms. The fraction of sp³-hybridized carbons (Fsp3) is 0.0625. The summed E-state index contributed by atoms with van der Waals surface area (Å²) < 4.78 is 0.